The third-order valence-corrected chi connectivity index (χ3v) is 6.30. The van der Waals surface area contributed by atoms with Gasteiger partial charge in [-0.25, -0.2) is 4.98 Å². The molecule has 1 heterocycles. The number of fused-ring (bicyclic) bond motifs is 1. The van der Waals surface area contributed by atoms with Gasteiger partial charge in [-0.3, -0.25) is 4.79 Å². The minimum atomic E-state index is -0.228. The molecule has 0 saturated carbocycles. The predicted molar refractivity (Wildman–Crippen MR) is 138 cm³/mol. The number of para-hydroxylation sites is 2. The van der Waals surface area contributed by atoms with E-state index in [9.17, 15) is 4.79 Å². The maximum absolute atomic E-state index is 12.8. The largest absolute Gasteiger partial charge is 0.494 e. The van der Waals surface area contributed by atoms with Crippen LogP contribution in [0.25, 0.3) is 11.0 Å². The van der Waals surface area contributed by atoms with Crippen LogP contribution in [0.1, 0.15) is 53.1 Å². The van der Waals surface area contributed by atoms with E-state index in [0.717, 1.165) is 58.1 Å². The van der Waals surface area contributed by atoms with Crippen LogP contribution in [0, 0.1) is 13.8 Å². The van der Waals surface area contributed by atoms with Crippen LogP contribution in [0.2, 0.25) is 5.02 Å². The van der Waals surface area contributed by atoms with E-state index in [4.69, 9.17) is 21.3 Å². The standard InChI is InChI=1S/C28H30ClN3O2/c1-19-9-8-10-22(17-19)28(33)30-21(3)27-31-25-11-4-5-12-26(25)32(27)15-6-7-16-34-23-13-14-24(29)20(2)18-23/h4-5,8-14,17-18,21H,6-7,15-16H2,1-3H3,(H,30,33). The molecule has 1 N–H and O–H groups in total. The molecule has 1 amide bonds. The number of halogens is 1. The predicted octanol–water partition coefficient (Wildman–Crippen LogP) is 6.66. The number of imidazole rings is 1. The van der Waals surface area contributed by atoms with Gasteiger partial charge in [0.2, 0.25) is 0 Å². The summed E-state index contributed by atoms with van der Waals surface area (Å²) in [5, 5.41) is 3.86. The second-order valence-corrected chi connectivity index (χ2v) is 9.05. The van der Waals surface area contributed by atoms with Crippen LogP contribution in [0.4, 0.5) is 0 Å². The molecule has 176 valence electrons. The van der Waals surface area contributed by atoms with E-state index in [2.05, 4.69) is 16.0 Å². The number of nitrogens with zero attached hydrogens (tertiary/aromatic N) is 2. The van der Waals surface area contributed by atoms with Gasteiger partial charge in [0.1, 0.15) is 11.6 Å². The molecule has 1 aromatic heterocycles. The molecule has 3 aromatic carbocycles. The highest BCUT2D eigenvalue weighted by Gasteiger charge is 2.19. The van der Waals surface area contributed by atoms with Gasteiger partial charge in [-0.05, 0) is 81.6 Å². The zero-order valence-corrected chi connectivity index (χ0v) is 20.6. The second kappa shape index (κ2) is 10.7. The lowest BCUT2D eigenvalue weighted by molar-refractivity contribution is 0.0937. The first-order valence-electron chi connectivity index (χ1n) is 11.6. The Hall–Kier alpha value is -3.31. The smallest absolute Gasteiger partial charge is 0.251 e. The number of carbonyl (C=O) groups excluding carboxylic acids is 1. The number of aromatic nitrogens is 2. The van der Waals surface area contributed by atoms with E-state index in [1.165, 1.54) is 0 Å². The van der Waals surface area contributed by atoms with Gasteiger partial charge in [0.15, 0.2) is 0 Å². The summed E-state index contributed by atoms with van der Waals surface area (Å²) in [4.78, 5) is 17.7. The molecular weight excluding hydrogens is 446 g/mol. The summed E-state index contributed by atoms with van der Waals surface area (Å²) in [5.74, 6) is 1.60. The monoisotopic (exact) mass is 475 g/mol. The van der Waals surface area contributed by atoms with Crippen molar-refractivity contribution < 1.29 is 9.53 Å². The Kier molecular flexibility index (Phi) is 7.53. The number of hydrogen-bond donors (Lipinski definition) is 1. The van der Waals surface area contributed by atoms with Crippen LogP contribution in [0.3, 0.4) is 0 Å². The van der Waals surface area contributed by atoms with E-state index >= 15 is 0 Å². The Bertz CT molecular complexity index is 1300. The molecule has 0 spiro atoms. The number of amides is 1. The topological polar surface area (TPSA) is 56.2 Å². The fraction of sp³-hybridized carbons (Fsp3) is 0.286. The van der Waals surface area contributed by atoms with Crippen LogP contribution in [-0.2, 0) is 6.54 Å². The maximum atomic E-state index is 12.8. The van der Waals surface area contributed by atoms with Crippen molar-refractivity contribution in [3.63, 3.8) is 0 Å². The molecule has 0 bridgehead atoms. The Morgan fingerprint density at radius 2 is 1.88 bits per heavy atom. The molecule has 4 aromatic rings. The van der Waals surface area contributed by atoms with Gasteiger partial charge in [0.25, 0.3) is 5.91 Å². The number of unbranched alkanes of at least 4 members (excludes halogenated alkanes) is 1. The number of benzene rings is 3. The highest BCUT2D eigenvalue weighted by atomic mass is 35.5. The number of ether oxygens (including phenoxy) is 1. The summed E-state index contributed by atoms with van der Waals surface area (Å²) >= 11 is 6.09. The fourth-order valence-corrected chi connectivity index (χ4v) is 4.18. The summed E-state index contributed by atoms with van der Waals surface area (Å²) in [6.07, 6.45) is 1.83. The molecule has 0 saturated heterocycles. The molecule has 6 heteroatoms. The first-order chi connectivity index (χ1) is 16.4. The average molecular weight is 476 g/mol. The molecule has 0 aliphatic heterocycles. The van der Waals surface area contributed by atoms with Crippen molar-refractivity contribution in [2.24, 2.45) is 0 Å². The van der Waals surface area contributed by atoms with E-state index in [1.54, 1.807) is 0 Å². The average Bonchev–Trinajstić information content (AvgIpc) is 3.20. The van der Waals surface area contributed by atoms with Crippen molar-refractivity contribution in [1.29, 1.82) is 0 Å². The summed E-state index contributed by atoms with van der Waals surface area (Å²) in [6.45, 7) is 7.36. The zero-order chi connectivity index (χ0) is 24.1. The second-order valence-electron chi connectivity index (χ2n) is 8.64. The lowest BCUT2D eigenvalue weighted by Crippen LogP contribution is -2.28. The summed E-state index contributed by atoms with van der Waals surface area (Å²) < 4.78 is 8.11. The molecular formula is C28H30ClN3O2. The summed E-state index contributed by atoms with van der Waals surface area (Å²) in [7, 11) is 0. The molecule has 34 heavy (non-hydrogen) atoms. The van der Waals surface area contributed by atoms with Crippen molar-refractivity contribution in [3.05, 3.63) is 94.3 Å². The van der Waals surface area contributed by atoms with E-state index in [-0.39, 0.29) is 11.9 Å². The van der Waals surface area contributed by atoms with Gasteiger partial charge in [-0.2, -0.15) is 0 Å². The Morgan fingerprint density at radius 1 is 1.06 bits per heavy atom. The van der Waals surface area contributed by atoms with Gasteiger partial charge in [-0.1, -0.05) is 41.4 Å². The lowest BCUT2D eigenvalue weighted by Gasteiger charge is -2.17. The van der Waals surface area contributed by atoms with Crippen molar-refractivity contribution in [3.8, 4) is 5.75 Å². The normalized spacial score (nSPS) is 12.0. The molecule has 0 fully saturated rings. The molecule has 0 aliphatic carbocycles. The lowest BCUT2D eigenvalue weighted by atomic mass is 10.1. The summed E-state index contributed by atoms with van der Waals surface area (Å²) in [5.41, 5.74) is 4.73. The molecule has 0 aliphatic rings. The highest BCUT2D eigenvalue weighted by molar-refractivity contribution is 6.31. The van der Waals surface area contributed by atoms with E-state index in [1.807, 2.05) is 81.4 Å². The molecule has 5 nitrogen and oxygen atoms in total. The van der Waals surface area contributed by atoms with Crippen molar-refractivity contribution in [2.45, 2.75) is 46.2 Å². The minimum Gasteiger partial charge on any atom is -0.494 e. The van der Waals surface area contributed by atoms with Gasteiger partial charge < -0.3 is 14.6 Å². The Morgan fingerprint density at radius 3 is 2.68 bits per heavy atom. The highest BCUT2D eigenvalue weighted by Crippen LogP contribution is 2.23. The molecule has 1 atom stereocenters. The number of nitrogens with one attached hydrogen (secondary N) is 1. The van der Waals surface area contributed by atoms with E-state index in [0.29, 0.717) is 12.2 Å². The van der Waals surface area contributed by atoms with Crippen LogP contribution in [0.15, 0.2) is 66.7 Å². The van der Waals surface area contributed by atoms with Gasteiger partial charge in [-0.15, -0.1) is 0 Å². The van der Waals surface area contributed by atoms with Crippen LogP contribution in [-0.4, -0.2) is 22.1 Å². The van der Waals surface area contributed by atoms with Gasteiger partial charge >= 0.3 is 0 Å². The van der Waals surface area contributed by atoms with Crippen LogP contribution >= 0.6 is 11.6 Å². The minimum absolute atomic E-state index is 0.0959. The number of hydrogen-bond acceptors (Lipinski definition) is 3. The number of carbonyl (C=O) groups is 1. The van der Waals surface area contributed by atoms with E-state index < -0.39 is 0 Å². The van der Waals surface area contributed by atoms with Gasteiger partial charge in [0, 0.05) is 17.1 Å². The first-order valence-corrected chi connectivity index (χ1v) is 12.0. The number of aryl methyl sites for hydroxylation is 3. The van der Waals surface area contributed by atoms with Crippen molar-refractivity contribution in [1.82, 2.24) is 14.9 Å². The zero-order valence-electron chi connectivity index (χ0n) is 19.8. The third-order valence-electron chi connectivity index (χ3n) is 5.87. The molecule has 4 rings (SSSR count). The van der Waals surface area contributed by atoms with Crippen LogP contribution in [0.5, 0.6) is 5.75 Å². The number of rotatable bonds is 9. The fourth-order valence-electron chi connectivity index (χ4n) is 4.06. The third kappa shape index (κ3) is 5.60. The quantitative estimate of drug-likeness (QED) is 0.275. The van der Waals surface area contributed by atoms with Crippen LogP contribution < -0.4 is 10.1 Å². The Balaban J connectivity index is 1.42. The van der Waals surface area contributed by atoms with Crippen molar-refractivity contribution in [2.75, 3.05) is 6.61 Å². The van der Waals surface area contributed by atoms with Crippen molar-refractivity contribution >= 4 is 28.5 Å². The Labute approximate surface area is 205 Å². The SMILES string of the molecule is Cc1cccc(C(=O)NC(C)c2nc3ccccc3n2CCCCOc2ccc(Cl)c(C)c2)c1. The van der Waals surface area contributed by atoms with Gasteiger partial charge in [0.05, 0.1) is 23.7 Å². The molecule has 0 radical (unpaired) electrons. The maximum Gasteiger partial charge on any atom is 0.251 e. The summed E-state index contributed by atoms with van der Waals surface area (Å²) in [6, 6.07) is 21.2. The molecule has 1 unspecified atom stereocenters. The first kappa shape index (κ1) is 23.8.